The van der Waals surface area contributed by atoms with Crippen molar-refractivity contribution in [2.24, 2.45) is 5.92 Å². The van der Waals surface area contributed by atoms with Crippen LogP contribution < -0.4 is 10.6 Å². The molecule has 0 bridgehead atoms. The van der Waals surface area contributed by atoms with E-state index < -0.39 is 12.0 Å². The molecule has 124 valence electrons. The van der Waals surface area contributed by atoms with Gasteiger partial charge >= 0.3 is 5.97 Å². The van der Waals surface area contributed by atoms with Gasteiger partial charge in [0.25, 0.3) is 0 Å². The summed E-state index contributed by atoms with van der Waals surface area (Å²) in [4.78, 5) is 34.4. The van der Waals surface area contributed by atoms with Gasteiger partial charge in [0.1, 0.15) is 0 Å². The van der Waals surface area contributed by atoms with E-state index in [-0.39, 0.29) is 30.6 Å². The lowest BCUT2D eigenvalue weighted by Crippen LogP contribution is -2.31. The highest BCUT2D eigenvalue weighted by molar-refractivity contribution is 5.81. The van der Waals surface area contributed by atoms with Gasteiger partial charge in [-0.1, -0.05) is 30.3 Å². The predicted octanol–water partition coefficient (Wildman–Crippen LogP) is 1.62. The van der Waals surface area contributed by atoms with Crippen molar-refractivity contribution >= 4 is 17.8 Å². The maximum absolute atomic E-state index is 12.0. The Balaban J connectivity index is 1.75. The maximum atomic E-state index is 12.0. The lowest BCUT2D eigenvalue weighted by molar-refractivity contribution is -0.137. The Labute approximate surface area is 135 Å². The number of carbonyl (C=O) groups excluding carboxylic acids is 2. The van der Waals surface area contributed by atoms with Crippen LogP contribution in [0.1, 0.15) is 43.7 Å². The van der Waals surface area contributed by atoms with E-state index in [2.05, 4.69) is 10.6 Å². The number of nitrogens with one attached hydrogen (secondary N) is 2. The molecule has 3 N–H and O–H groups in total. The average molecular weight is 318 g/mol. The van der Waals surface area contributed by atoms with Crippen LogP contribution in [0.2, 0.25) is 0 Å². The molecule has 0 heterocycles. The number of hydrogen-bond acceptors (Lipinski definition) is 3. The topological polar surface area (TPSA) is 95.5 Å². The average Bonchev–Trinajstić information content (AvgIpc) is 3.36. The monoisotopic (exact) mass is 318 g/mol. The van der Waals surface area contributed by atoms with Crippen molar-refractivity contribution in [1.82, 2.24) is 10.6 Å². The lowest BCUT2D eigenvalue weighted by atomic mass is 10.0. The highest BCUT2D eigenvalue weighted by Crippen LogP contribution is 2.28. The first-order chi connectivity index (χ1) is 11.1. The number of carbonyl (C=O) groups is 3. The summed E-state index contributed by atoms with van der Waals surface area (Å²) in [5, 5.41) is 14.6. The Morgan fingerprint density at radius 2 is 1.87 bits per heavy atom. The minimum absolute atomic E-state index is 0.0680. The summed E-state index contributed by atoms with van der Waals surface area (Å²) in [5.41, 5.74) is 0.769. The molecule has 1 fully saturated rings. The van der Waals surface area contributed by atoms with Crippen molar-refractivity contribution in [2.75, 3.05) is 6.54 Å². The smallest absolute Gasteiger partial charge is 0.305 e. The molecule has 2 rings (SSSR count). The number of carboxylic acid groups (broad SMARTS) is 1. The highest BCUT2D eigenvalue weighted by Gasteiger charge is 2.29. The first-order valence-electron chi connectivity index (χ1n) is 7.90. The Morgan fingerprint density at radius 1 is 1.17 bits per heavy atom. The number of aliphatic carboxylic acids is 1. The quantitative estimate of drug-likeness (QED) is 0.603. The summed E-state index contributed by atoms with van der Waals surface area (Å²) >= 11 is 0. The number of rotatable bonds is 9. The van der Waals surface area contributed by atoms with E-state index in [9.17, 15) is 14.4 Å². The molecule has 1 aliphatic carbocycles. The van der Waals surface area contributed by atoms with Crippen LogP contribution in [0, 0.1) is 5.92 Å². The molecule has 1 saturated carbocycles. The van der Waals surface area contributed by atoms with Crippen LogP contribution in [0.4, 0.5) is 0 Å². The number of benzene rings is 1. The van der Waals surface area contributed by atoms with Crippen LogP contribution in [0.25, 0.3) is 0 Å². The van der Waals surface area contributed by atoms with Crippen molar-refractivity contribution in [2.45, 2.75) is 38.1 Å². The molecule has 6 heteroatoms. The van der Waals surface area contributed by atoms with E-state index in [0.717, 1.165) is 18.4 Å². The third-order valence-electron chi connectivity index (χ3n) is 3.74. The van der Waals surface area contributed by atoms with Crippen LogP contribution in [0.5, 0.6) is 0 Å². The summed E-state index contributed by atoms with van der Waals surface area (Å²) in [6.07, 6.45) is 2.56. The van der Waals surface area contributed by atoms with Gasteiger partial charge in [0, 0.05) is 18.9 Å². The highest BCUT2D eigenvalue weighted by atomic mass is 16.4. The molecule has 0 aliphatic heterocycles. The molecule has 1 aromatic carbocycles. The second-order valence-corrected chi connectivity index (χ2v) is 5.80. The maximum Gasteiger partial charge on any atom is 0.305 e. The molecule has 6 nitrogen and oxygen atoms in total. The largest absolute Gasteiger partial charge is 0.481 e. The summed E-state index contributed by atoms with van der Waals surface area (Å²) in [7, 11) is 0. The second kappa shape index (κ2) is 8.31. The summed E-state index contributed by atoms with van der Waals surface area (Å²) < 4.78 is 0. The number of hydrogen-bond donors (Lipinski definition) is 3. The summed E-state index contributed by atoms with van der Waals surface area (Å²) in [6.45, 7) is 0.470. The zero-order chi connectivity index (χ0) is 16.7. The first-order valence-corrected chi connectivity index (χ1v) is 7.90. The summed E-state index contributed by atoms with van der Waals surface area (Å²) in [6, 6.07) is 8.51. The van der Waals surface area contributed by atoms with Crippen molar-refractivity contribution < 1.29 is 19.5 Å². The van der Waals surface area contributed by atoms with Crippen LogP contribution in [-0.2, 0) is 14.4 Å². The van der Waals surface area contributed by atoms with Crippen molar-refractivity contribution in [3.63, 3.8) is 0 Å². The molecule has 0 aromatic heterocycles. The lowest BCUT2D eigenvalue weighted by Gasteiger charge is -2.17. The van der Waals surface area contributed by atoms with Gasteiger partial charge in [-0.3, -0.25) is 14.4 Å². The number of amides is 2. The Hall–Kier alpha value is -2.37. The Kier molecular flexibility index (Phi) is 6.14. The third-order valence-corrected chi connectivity index (χ3v) is 3.74. The van der Waals surface area contributed by atoms with Gasteiger partial charge in [-0.2, -0.15) is 0 Å². The molecular weight excluding hydrogens is 296 g/mol. The van der Waals surface area contributed by atoms with Crippen molar-refractivity contribution in [1.29, 1.82) is 0 Å². The van der Waals surface area contributed by atoms with Gasteiger partial charge < -0.3 is 15.7 Å². The van der Waals surface area contributed by atoms with Gasteiger partial charge in [-0.15, -0.1) is 0 Å². The van der Waals surface area contributed by atoms with Gasteiger partial charge in [-0.05, 0) is 24.8 Å². The molecule has 1 aromatic rings. The molecule has 1 aliphatic rings. The predicted molar refractivity (Wildman–Crippen MR) is 84.5 cm³/mol. The molecular formula is C17H22N2O4. The molecule has 1 atom stereocenters. The Bertz CT molecular complexity index is 555. The zero-order valence-corrected chi connectivity index (χ0v) is 13.0. The second-order valence-electron chi connectivity index (χ2n) is 5.80. The SMILES string of the molecule is O=C(O)CC(NC(=O)CCCNC(=O)C1CC1)c1ccccc1. The van der Waals surface area contributed by atoms with E-state index in [1.54, 1.807) is 12.1 Å². The van der Waals surface area contributed by atoms with E-state index in [4.69, 9.17) is 5.11 Å². The molecule has 0 radical (unpaired) electrons. The van der Waals surface area contributed by atoms with Crippen molar-refractivity contribution in [3.05, 3.63) is 35.9 Å². The fourth-order valence-corrected chi connectivity index (χ4v) is 2.33. The van der Waals surface area contributed by atoms with Crippen LogP contribution >= 0.6 is 0 Å². The van der Waals surface area contributed by atoms with Crippen molar-refractivity contribution in [3.8, 4) is 0 Å². The van der Waals surface area contributed by atoms with Crippen LogP contribution in [0.3, 0.4) is 0 Å². The minimum Gasteiger partial charge on any atom is -0.481 e. The number of carboxylic acids is 1. The molecule has 0 spiro atoms. The summed E-state index contributed by atoms with van der Waals surface area (Å²) in [5.74, 6) is -0.933. The molecule has 1 unspecified atom stereocenters. The zero-order valence-electron chi connectivity index (χ0n) is 13.0. The normalized spacial score (nSPS) is 14.8. The molecule has 23 heavy (non-hydrogen) atoms. The van der Waals surface area contributed by atoms with E-state index in [0.29, 0.717) is 13.0 Å². The molecule has 2 amide bonds. The van der Waals surface area contributed by atoms with E-state index in [1.807, 2.05) is 18.2 Å². The Morgan fingerprint density at radius 3 is 2.48 bits per heavy atom. The first kappa shape index (κ1) is 17.0. The standard InChI is InChI=1S/C17H22N2O4/c20-15(7-4-10-18-17(23)13-8-9-13)19-14(11-16(21)22)12-5-2-1-3-6-12/h1-3,5-6,13-14H,4,7-11H2,(H,18,23)(H,19,20)(H,21,22). The van der Waals surface area contributed by atoms with Crippen LogP contribution in [-0.4, -0.2) is 29.4 Å². The van der Waals surface area contributed by atoms with Gasteiger partial charge in [-0.25, -0.2) is 0 Å². The van der Waals surface area contributed by atoms with Crippen LogP contribution in [0.15, 0.2) is 30.3 Å². The van der Waals surface area contributed by atoms with Gasteiger partial charge in [0.15, 0.2) is 0 Å². The van der Waals surface area contributed by atoms with Gasteiger partial charge in [0.05, 0.1) is 12.5 Å². The molecule has 0 saturated heterocycles. The fourth-order valence-electron chi connectivity index (χ4n) is 2.33. The van der Waals surface area contributed by atoms with E-state index in [1.165, 1.54) is 0 Å². The van der Waals surface area contributed by atoms with E-state index >= 15 is 0 Å². The minimum atomic E-state index is -0.962. The van der Waals surface area contributed by atoms with Gasteiger partial charge in [0.2, 0.25) is 11.8 Å². The fraction of sp³-hybridized carbons (Fsp3) is 0.471. The third kappa shape index (κ3) is 6.10.